The van der Waals surface area contributed by atoms with Gasteiger partial charge in [0.15, 0.2) is 0 Å². The predicted molar refractivity (Wildman–Crippen MR) is 79.9 cm³/mol. The van der Waals surface area contributed by atoms with Gasteiger partial charge >= 0.3 is 0 Å². The van der Waals surface area contributed by atoms with Crippen molar-refractivity contribution in [2.24, 2.45) is 0 Å². The first-order chi connectivity index (χ1) is 10.2. The Labute approximate surface area is 124 Å². The van der Waals surface area contributed by atoms with E-state index in [1.807, 2.05) is 0 Å². The second kappa shape index (κ2) is 4.91. The maximum atomic E-state index is 4.79. The number of nitrogens with one attached hydrogen (secondary N) is 1. The van der Waals surface area contributed by atoms with Crippen LogP contribution in [0, 0.1) is 13.8 Å². The van der Waals surface area contributed by atoms with Gasteiger partial charge < -0.3 is 0 Å². The highest BCUT2D eigenvalue weighted by Gasteiger charge is 2.28. The van der Waals surface area contributed by atoms with E-state index in [4.69, 9.17) is 4.98 Å². The van der Waals surface area contributed by atoms with Crippen LogP contribution in [0.5, 0.6) is 0 Å². The molecule has 1 fully saturated rings. The fraction of sp³-hybridized carbons (Fsp3) is 0.562. The van der Waals surface area contributed by atoms with Crippen LogP contribution in [0.3, 0.4) is 0 Å². The van der Waals surface area contributed by atoms with Crippen molar-refractivity contribution in [3.05, 3.63) is 40.2 Å². The van der Waals surface area contributed by atoms with Gasteiger partial charge in [0, 0.05) is 60.7 Å². The summed E-state index contributed by atoms with van der Waals surface area (Å²) in [4.78, 5) is 11.8. The summed E-state index contributed by atoms with van der Waals surface area (Å²) in [7, 11) is 0. The fourth-order valence-electron chi connectivity index (χ4n) is 3.09. The molecule has 1 N–H and O–H groups in total. The zero-order valence-electron chi connectivity index (χ0n) is 12.7. The molecule has 0 unspecified atom stereocenters. The topological polar surface area (TPSA) is 57.7 Å². The van der Waals surface area contributed by atoms with Crippen molar-refractivity contribution in [3.63, 3.8) is 0 Å². The lowest BCUT2D eigenvalue weighted by atomic mass is 10.1. The molecule has 110 valence electrons. The van der Waals surface area contributed by atoms with Gasteiger partial charge in [-0.05, 0) is 26.7 Å². The summed E-state index contributed by atoms with van der Waals surface area (Å²) in [5.74, 6) is 1.72. The second-order valence-corrected chi connectivity index (χ2v) is 6.35. The van der Waals surface area contributed by atoms with Gasteiger partial charge in [-0.3, -0.25) is 10.00 Å². The van der Waals surface area contributed by atoms with Crippen molar-refractivity contribution in [1.29, 1.82) is 0 Å². The van der Waals surface area contributed by atoms with Crippen molar-refractivity contribution in [1.82, 2.24) is 25.1 Å². The molecule has 0 spiro atoms. The van der Waals surface area contributed by atoms with Crippen LogP contribution in [0.15, 0.2) is 6.20 Å². The van der Waals surface area contributed by atoms with Crippen LogP contribution in [0.1, 0.15) is 52.8 Å². The second-order valence-electron chi connectivity index (χ2n) is 6.35. The third-order valence-corrected chi connectivity index (χ3v) is 4.64. The molecule has 4 rings (SSSR count). The van der Waals surface area contributed by atoms with Crippen molar-refractivity contribution in [3.8, 4) is 0 Å². The molecule has 0 aromatic carbocycles. The Bertz CT molecular complexity index is 652. The van der Waals surface area contributed by atoms with Crippen LogP contribution in [-0.2, 0) is 19.5 Å². The summed E-state index contributed by atoms with van der Waals surface area (Å²) in [6.07, 6.45) is 5.62. The Morgan fingerprint density at radius 1 is 1.33 bits per heavy atom. The molecule has 1 aliphatic heterocycles. The molecule has 0 atom stereocenters. The number of aromatic amines is 1. The van der Waals surface area contributed by atoms with Crippen molar-refractivity contribution < 1.29 is 0 Å². The summed E-state index contributed by atoms with van der Waals surface area (Å²) in [5.41, 5.74) is 6.18. The first-order valence-electron chi connectivity index (χ1n) is 7.78. The number of rotatable bonds is 3. The van der Waals surface area contributed by atoms with E-state index in [-0.39, 0.29) is 0 Å². The maximum absolute atomic E-state index is 4.79. The van der Waals surface area contributed by atoms with Gasteiger partial charge in [-0.15, -0.1) is 0 Å². The summed E-state index contributed by atoms with van der Waals surface area (Å²) in [6.45, 7) is 7.14. The standard InChI is InChI=1S/C16H21N5/c1-10-14(11(2)20-19-10)9-21-6-5-15-13(8-21)7-17-16(18-15)12-3-4-12/h7,12H,3-6,8-9H2,1-2H3,(H,19,20). The molecule has 21 heavy (non-hydrogen) atoms. The molecule has 1 saturated carbocycles. The zero-order chi connectivity index (χ0) is 14.4. The van der Waals surface area contributed by atoms with E-state index in [2.05, 4.69) is 40.1 Å². The summed E-state index contributed by atoms with van der Waals surface area (Å²) >= 11 is 0. The minimum Gasteiger partial charge on any atom is -0.294 e. The fourth-order valence-corrected chi connectivity index (χ4v) is 3.09. The Kier molecular flexibility index (Phi) is 3.03. The largest absolute Gasteiger partial charge is 0.294 e. The number of hydrogen-bond donors (Lipinski definition) is 1. The Morgan fingerprint density at radius 2 is 2.19 bits per heavy atom. The van der Waals surface area contributed by atoms with Gasteiger partial charge in [0.1, 0.15) is 5.82 Å². The van der Waals surface area contributed by atoms with Crippen LogP contribution in [0.2, 0.25) is 0 Å². The van der Waals surface area contributed by atoms with E-state index in [9.17, 15) is 0 Å². The van der Waals surface area contributed by atoms with Crippen LogP contribution in [-0.4, -0.2) is 31.6 Å². The minimum atomic E-state index is 0.643. The third-order valence-electron chi connectivity index (χ3n) is 4.64. The number of aromatic nitrogens is 4. The molecule has 5 heteroatoms. The van der Waals surface area contributed by atoms with Gasteiger partial charge in [-0.1, -0.05) is 0 Å². The molecule has 2 aliphatic rings. The van der Waals surface area contributed by atoms with Crippen LogP contribution in [0.4, 0.5) is 0 Å². The zero-order valence-corrected chi connectivity index (χ0v) is 12.7. The first-order valence-corrected chi connectivity index (χ1v) is 7.78. The van der Waals surface area contributed by atoms with Crippen molar-refractivity contribution in [2.45, 2.75) is 52.1 Å². The Morgan fingerprint density at radius 3 is 2.90 bits per heavy atom. The number of hydrogen-bond acceptors (Lipinski definition) is 4. The summed E-state index contributed by atoms with van der Waals surface area (Å²) < 4.78 is 0. The molecular weight excluding hydrogens is 262 g/mol. The number of nitrogens with zero attached hydrogens (tertiary/aromatic N) is 4. The van der Waals surface area contributed by atoms with Gasteiger partial charge in [0.2, 0.25) is 0 Å². The first kappa shape index (κ1) is 13.0. The highest BCUT2D eigenvalue weighted by atomic mass is 15.2. The molecule has 1 aliphatic carbocycles. The van der Waals surface area contributed by atoms with Gasteiger partial charge in [0.05, 0.1) is 5.69 Å². The monoisotopic (exact) mass is 283 g/mol. The molecule has 0 amide bonds. The van der Waals surface area contributed by atoms with E-state index in [0.717, 1.165) is 37.6 Å². The summed E-state index contributed by atoms with van der Waals surface area (Å²) in [5, 5.41) is 7.36. The molecule has 0 bridgehead atoms. The molecule has 2 aromatic rings. The van der Waals surface area contributed by atoms with Crippen LogP contribution >= 0.6 is 0 Å². The van der Waals surface area contributed by atoms with Crippen LogP contribution < -0.4 is 0 Å². The minimum absolute atomic E-state index is 0.643. The van der Waals surface area contributed by atoms with E-state index in [1.165, 1.54) is 35.4 Å². The Balaban J connectivity index is 1.51. The highest BCUT2D eigenvalue weighted by Crippen LogP contribution is 2.38. The highest BCUT2D eigenvalue weighted by molar-refractivity contribution is 5.25. The smallest absolute Gasteiger partial charge is 0.131 e. The third kappa shape index (κ3) is 2.46. The van der Waals surface area contributed by atoms with E-state index >= 15 is 0 Å². The molecule has 5 nitrogen and oxygen atoms in total. The number of H-pyrrole nitrogens is 1. The Hall–Kier alpha value is -1.75. The average Bonchev–Trinajstić information content (AvgIpc) is 3.29. The maximum Gasteiger partial charge on any atom is 0.131 e. The van der Waals surface area contributed by atoms with Gasteiger partial charge in [0.25, 0.3) is 0 Å². The lowest BCUT2D eigenvalue weighted by Crippen LogP contribution is -2.31. The summed E-state index contributed by atoms with van der Waals surface area (Å²) in [6, 6.07) is 0. The van der Waals surface area contributed by atoms with Gasteiger partial charge in [-0.25, -0.2) is 9.97 Å². The normalized spacial score (nSPS) is 18.8. The lowest BCUT2D eigenvalue weighted by Gasteiger charge is -2.28. The molecule has 0 saturated heterocycles. The molecule has 2 aromatic heterocycles. The van der Waals surface area contributed by atoms with Gasteiger partial charge in [-0.2, -0.15) is 5.10 Å². The molecule has 0 radical (unpaired) electrons. The molecular formula is C16H21N5. The SMILES string of the molecule is Cc1n[nH]c(C)c1CN1CCc2nc(C3CC3)ncc2C1. The quantitative estimate of drug-likeness (QED) is 0.938. The van der Waals surface area contributed by atoms with E-state index in [1.54, 1.807) is 0 Å². The van der Waals surface area contributed by atoms with E-state index in [0.29, 0.717) is 5.92 Å². The number of aryl methyl sites for hydroxylation is 2. The van der Waals surface area contributed by atoms with Crippen molar-refractivity contribution >= 4 is 0 Å². The molecule has 3 heterocycles. The van der Waals surface area contributed by atoms with E-state index < -0.39 is 0 Å². The van der Waals surface area contributed by atoms with Crippen LogP contribution in [0.25, 0.3) is 0 Å². The average molecular weight is 283 g/mol. The number of fused-ring (bicyclic) bond motifs is 1. The lowest BCUT2D eigenvalue weighted by molar-refractivity contribution is 0.241. The van der Waals surface area contributed by atoms with Crippen molar-refractivity contribution in [2.75, 3.05) is 6.54 Å². The predicted octanol–water partition coefficient (Wildman–Crippen LogP) is 2.25.